The Morgan fingerprint density at radius 2 is 2.00 bits per heavy atom. The van der Waals surface area contributed by atoms with E-state index >= 15 is 0 Å². The van der Waals surface area contributed by atoms with Crippen LogP contribution in [0.3, 0.4) is 0 Å². The molecule has 106 valence electrons. The van der Waals surface area contributed by atoms with Gasteiger partial charge in [0.15, 0.2) is 0 Å². The van der Waals surface area contributed by atoms with Gasteiger partial charge in [-0.2, -0.15) is 0 Å². The average Bonchev–Trinajstić information content (AvgIpc) is 2.27. The quantitative estimate of drug-likeness (QED) is 0.580. The lowest BCUT2D eigenvalue weighted by atomic mass is 10.3. The van der Waals surface area contributed by atoms with Gasteiger partial charge >= 0.3 is 6.09 Å². The number of hydroxylamine groups is 2. The van der Waals surface area contributed by atoms with Gasteiger partial charge in [0, 0.05) is 5.69 Å². The Morgan fingerprint density at radius 1 is 1.42 bits per heavy atom. The van der Waals surface area contributed by atoms with Gasteiger partial charge in [0.1, 0.15) is 6.54 Å². The lowest BCUT2D eigenvalue weighted by Gasteiger charge is -2.26. The van der Waals surface area contributed by atoms with E-state index in [2.05, 4.69) is 5.32 Å². The number of carbonyl (C=O) groups is 1. The average molecular weight is 330 g/mol. The number of rotatable bonds is 4. The molecule has 0 bridgehead atoms. The number of alkyl halides is 3. The number of nitrogens with one attached hydrogen (secondary N) is 2. The van der Waals surface area contributed by atoms with Crippen molar-refractivity contribution in [3.05, 3.63) is 35.5 Å². The molecule has 0 saturated heterocycles. The summed E-state index contributed by atoms with van der Waals surface area (Å²) in [7, 11) is 0. The number of quaternary nitrogens is 1. The first-order valence-electron chi connectivity index (χ1n) is 5.10. The van der Waals surface area contributed by atoms with Crippen LogP contribution in [0.25, 0.3) is 0 Å². The first-order valence-corrected chi connectivity index (χ1v) is 6.23. The highest BCUT2D eigenvalue weighted by Crippen LogP contribution is 2.31. The standard InChI is InChI=1S/C10H11Cl3N2O4/c11-10(12,13)8(6-15(17)18)19-9(16)14-7-4-2-1-3-5-7/h1-5,8,15,17H,6H2,(H,14,16). The van der Waals surface area contributed by atoms with E-state index in [0.29, 0.717) is 5.69 Å². The van der Waals surface area contributed by atoms with Crippen LogP contribution in [-0.4, -0.2) is 27.7 Å². The Morgan fingerprint density at radius 3 is 2.47 bits per heavy atom. The molecule has 9 heteroatoms. The molecule has 3 N–H and O–H groups in total. The van der Waals surface area contributed by atoms with E-state index in [1.807, 2.05) is 0 Å². The maximum atomic E-state index is 11.5. The number of amides is 1. The molecule has 0 aliphatic carbocycles. The molecule has 0 heterocycles. The highest BCUT2D eigenvalue weighted by atomic mass is 35.6. The fraction of sp³-hybridized carbons (Fsp3) is 0.300. The van der Waals surface area contributed by atoms with Crippen LogP contribution >= 0.6 is 34.8 Å². The number of halogens is 3. The second-order valence-corrected chi connectivity index (χ2v) is 5.89. The van der Waals surface area contributed by atoms with Crippen LogP contribution in [-0.2, 0) is 4.74 Å². The minimum Gasteiger partial charge on any atom is -0.600 e. The second-order valence-electron chi connectivity index (χ2n) is 3.52. The summed E-state index contributed by atoms with van der Waals surface area (Å²) >= 11 is 16.7. The van der Waals surface area contributed by atoms with Gasteiger partial charge < -0.3 is 9.94 Å². The number of ether oxygens (including phenoxy) is 1. The van der Waals surface area contributed by atoms with E-state index in [9.17, 15) is 10.0 Å². The molecule has 0 aliphatic rings. The summed E-state index contributed by atoms with van der Waals surface area (Å²) in [5.74, 6) is 0. The monoisotopic (exact) mass is 328 g/mol. The molecule has 0 aromatic heterocycles. The Balaban J connectivity index is 2.61. The van der Waals surface area contributed by atoms with Crippen molar-refractivity contribution in [1.82, 2.24) is 0 Å². The van der Waals surface area contributed by atoms with Gasteiger partial charge in [0.25, 0.3) is 0 Å². The van der Waals surface area contributed by atoms with Crippen molar-refractivity contribution >= 4 is 46.6 Å². The molecule has 0 fully saturated rings. The molecule has 1 amide bonds. The molecule has 1 rings (SSSR count). The highest BCUT2D eigenvalue weighted by Gasteiger charge is 2.38. The number of hydrogen-bond acceptors (Lipinski definition) is 4. The third-order valence-electron chi connectivity index (χ3n) is 1.99. The van der Waals surface area contributed by atoms with E-state index in [1.165, 1.54) is 0 Å². The largest absolute Gasteiger partial charge is 0.600 e. The summed E-state index contributed by atoms with van der Waals surface area (Å²) in [6.07, 6.45) is -2.29. The fourth-order valence-corrected chi connectivity index (χ4v) is 1.55. The molecule has 0 aliphatic heterocycles. The predicted octanol–water partition coefficient (Wildman–Crippen LogP) is 1.75. The topological polar surface area (TPSA) is 86.1 Å². The molecule has 0 radical (unpaired) electrons. The molecular weight excluding hydrogens is 318 g/mol. The van der Waals surface area contributed by atoms with Crippen LogP contribution in [0.1, 0.15) is 0 Å². The van der Waals surface area contributed by atoms with Gasteiger partial charge in [-0.25, -0.2) is 15.2 Å². The van der Waals surface area contributed by atoms with Gasteiger partial charge in [-0.1, -0.05) is 53.0 Å². The first kappa shape index (κ1) is 16.3. The van der Waals surface area contributed by atoms with Gasteiger partial charge in [0.2, 0.25) is 9.90 Å². The minimum absolute atomic E-state index is 0.478. The van der Waals surface area contributed by atoms with Crippen molar-refractivity contribution in [1.29, 1.82) is 0 Å². The Kier molecular flexibility index (Phi) is 6.12. The normalized spacial score (nSPS) is 14.6. The first-order chi connectivity index (χ1) is 8.79. The fourth-order valence-electron chi connectivity index (χ4n) is 1.18. The van der Waals surface area contributed by atoms with Crippen LogP contribution < -0.4 is 10.5 Å². The molecule has 0 saturated carbocycles. The zero-order valence-electron chi connectivity index (χ0n) is 9.48. The summed E-state index contributed by atoms with van der Waals surface area (Å²) in [5, 5.41) is 20.4. The van der Waals surface area contributed by atoms with Gasteiger partial charge in [-0.3, -0.25) is 5.32 Å². The summed E-state index contributed by atoms with van der Waals surface area (Å²) in [5.41, 5.74) is 0.478. The maximum Gasteiger partial charge on any atom is 0.412 e. The zero-order chi connectivity index (χ0) is 14.5. The van der Waals surface area contributed by atoms with Crippen molar-refractivity contribution in [2.45, 2.75) is 9.90 Å². The molecule has 6 nitrogen and oxygen atoms in total. The smallest absolute Gasteiger partial charge is 0.412 e. The highest BCUT2D eigenvalue weighted by molar-refractivity contribution is 6.68. The number of benzene rings is 1. The number of anilines is 1. The SMILES string of the molecule is O=C(Nc1ccccc1)OC(C[NH+]([O-])O)C(Cl)(Cl)Cl. The molecule has 1 aromatic carbocycles. The summed E-state index contributed by atoms with van der Waals surface area (Å²) in [4.78, 5) is 11.5. The van der Waals surface area contributed by atoms with Gasteiger partial charge in [0.05, 0.1) is 0 Å². The van der Waals surface area contributed by atoms with Crippen LogP contribution in [0, 0.1) is 5.21 Å². The molecule has 2 atom stereocenters. The lowest BCUT2D eigenvalue weighted by Crippen LogP contribution is -3.06. The van der Waals surface area contributed by atoms with Crippen molar-refractivity contribution in [2.75, 3.05) is 11.9 Å². The van der Waals surface area contributed by atoms with Crippen molar-refractivity contribution in [2.24, 2.45) is 0 Å². The molecule has 0 spiro atoms. The maximum absolute atomic E-state index is 11.5. The van der Waals surface area contributed by atoms with Crippen LogP contribution in [0.4, 0.5) is 10.5 Å². The molecule has 2 unspecified atom stereocenters. The van der Waals surface area contributed by atoms with Crippen molar-refractivity contribution in [3.8, 4) is 0 Å². The van der Waals surface area contributed by atoms with Crippen LogP contribution in [0.15, 0.2) is 30.3 Å². The number of hydrogen-bond donors (Lipinski definition) is 3. The van der Waals surface area contributed by atoms with Crippen molar-refractivity contribution < 1.29 is 20.0 Å². The third-order valence-corrected chi connectivity index (χ3v) is 2.72. The Labute approximate surface area is 124 Å². The number of para-hydroxylation sites is 1. The molecule has 1 aromatic rings. The molecule has 19 heavy (non-hydrogen) atoms. The summed E-state index contributed by atoms with van der Waals surface area (Å²) < 4.78 is 2.78. The lowest BCUT2D eigenvalue weighted by molar-refractivity contribution is -1.05. The second kappa shape index (κ2) is 7.14. The van der Waals surface area contributed by atoms with Gasteiger partial charge in [-0.15, -0.1) is 0 Å². The minimum atomic E-state index is -2.02. The zero-order valence-corrected chi connectivity index (χ0v) is 11.7. The van der Waals surface area contributed by atoms with E-state index in [0.717, 1.165) is 0 Å². The summed E-state index contributed by atoms with van der Waals surface area (Å²) in [6, 6.07) is 8.44. The van der Waals surface area contributed by atoms with Crippen molar-refractivity contribution in [3.63, 3.8) is 0 Å². The van der Waals surface area contributed by atoms with E-state index < -0.39 is 27.8 Å². The third kappa shape index (κ3) is 6.29. The predicted molar refractivity (Wildman–Crippen MR) is 71.6 cm³/mol. The van der Waals surface area contributed by atoms with E-state index in [4.69, 9.17) is 44.7 Å². The molecular formula is C10H11Cl3N2O4. The van der Waals surface area contributed by atoms with E-state index in [-0.39, 0.29) is 0 Å². The van der Waals surface area contributed by atoms with E-state index in [1.54, 1.807) is 30.3 Å². The number of carbonyl (C=O) groups excluding carboxylic acids is 1. The van der Waals surface area contributed by atoms with Crippen LogP contribution in [0.2, 0.25) is 0 Å². The Hall–Kier alpha value is -0.760. The van der Waals surface area contributed by atoms with Gasteiger partial charge in [-0.05, 0) is 12.1 Å². The Bertz CT molecular complexity index is 411. The summed E-state index contributed by atoms with van der Waals surface area (Å²) in [6.45, 7) is -0.612. The van der Waals surface area contributed by atoms with Crippen LogP contribution in [0.5, 0.6) is 0 Å².